The zero-order chi connectivity index (χ0) is 14.4. The standard InChI is InChI=1S/C14H11NO5/c16-14(11-6-2-1-3-7-11)20-13-9-5-4-8-12(13)10-19-15(17)18/h1-9H,10H2. The van der Waals surface area contributed by atoms with Gasteiger partial charge in [0.1, 0.15) is 12.4 Å². The molecule has 0 aliphatic rings. The van der Waals surface area contributed by atoms with Gasteiger partial charge in [0.2, 0.25) is 0 Å². The van der Waals surface area contributed by atoms with Crippen molar-refractivity contribution in [2.45, 2.75) is 6.61 Å². The molecular weight excluding hydrogens is 262 g/mol. The van der Waals surface area contributed by atoms with Crippen LogP contribution in [0.2, 0.25) is 0 Å². The van der Waals surface area contributed by atoms with Crippen LogP contribution < -0.4 is 4.74 Å². The van der Waals surface area contributed by atoms with Gasteiger partial charge in [-0.25, -0.2) is 4.79 Å². The molecule has 0 amide bonds. The average molecular weight is 273 g/mol. The normalized spacial score (nSPS) is 9.80. The lowest BCUT2D eigenvalue weighted by Crippen LogP contribution is -2.10. The van der Waals surface area contributed by atoms with Gasteiger partial charge in [-0.15, -0.1) is 10.1 Å². The molecule has 0 saturated heterocycles. The first kappa shape index (κ1) is 13.5. The highest BCUT2D eigenvalue weighted by Crippen LogP contribution is 2.20. The SMILES string of the molecule is O=C(Oc1ccccc1CO[N+](=O)[O-])c1ccccc1. The van der Waals surface area contributed by atoms with E-state index >= 15 is 0 Å². The molecule has 0 unspecified atom stereocenters. The lowest BCUT2D eigenvalue weighted by molar-refractivity contribution is -0.763. The average Bonchev–Trinajstić information content (AvgIpc) is 2.47. The molecule has 0 spiro atoms. The smallest absolute Gasteiger partial charge is 0.343 e. The molecule has 0 N–H and O–H groups in total. The van der Waals surface area contributed by atoms with E-state index in [0.29, 0.717) is 11.1 Å². The van der Waals surface area contributed by atoms with Gasteiger partial charge in [0.05, 0.1) is 5.56 Å². The molecule has 6 nitrogen and oxygen atoms in total. The Hall–Kier alpha value is -2.89. The lowest BCUT2D eigenvalue weighted by atomic mass is 10.2. The topological polar surface area (TPSA) is 78.7 Å². The minimum absolute atomic E-state index is 0.239. The van der Waals surface area contributed by atoms with Crippen molar-refractivity contribution in [3.63, 3.8) is 0 Å². The van der Waals surface area contributed by atoms with E-state index in [0.717, 1.165) is 0 Å². The van der Waals surface area contributed by atoms with Crippen LogP contribution in [0.25, 0.3) is 0 Å². The Bertz CT molecular complexity index is 612. The van der Waals surface area contributed by atoms with Crippen molar-refractivity contribution in [1.82, 2.24) is 0 Å². The van der Waals surface area contributed by atoms with Crippen LogP contribution >= 0.6 is 0 Å². The third-order valence-corrected chi connectivity index (χ3v) is 2.51. The van der Waals surface area contributed by atoms with Crippen molar-refractivity contribution in [2.75, 3.05) is 0 Å². The fourth-order valence-electron chi connectivity index (χ4n) is 1.58. The maximum atomic E-state index is 11.9. The summed E-state index contributed by atoms with van der Waals surface area (Å²) in [5.41, 5.74) is 0.825. The van der Waals surface area contributed by atoms with Gasteiger partial charge in [-0.1, -0.05) is 36.4 Å². The Morgan fingerprint density at radius 2 is 1.70 bits per heavy atom. The van der Waals surface area contributed by atoms with Crippen LogP contribution in [0.5, 0.6) is 5.75 Å². The van der Waals surface area contributed by atoms with Gasteiger partial charge in [-0.3, -0.25) is 0 Å². The first-order valence-corrected chi connectivity index (χ1v) is 5.79. The Balaban J connectivity index is 2.13. The fraction of sp³-hybridized carbons (Fsp3) is 0.0714. The summed E-state index contributed by atoms with van der Waals surface area (Å²) in [6.45, 7) is -0.273. The number of hydrogen-bond donors (Lipinski definition) is 0. The van der Waals surface area contributed by atoms with E-state index in [-0.39, 0.29) is 12.4 Å². The number of ether oxygens (including phenoxy) is 1. The van der Waals surface area contributed by atoms with Crippen molar-refractivity contribution < 1.29 is 19.5 Å². The van der Waals surface area contributed by atoms with E-state index in [1.54, 1.807) is 54.6 Å². The molecule has 2 aromatic carbocycles. The number of carbonyl (C=O) groups excluding carboxylic acids is 1. The predicted octanol–water partition coefficient (Wildman–Crippen LogP) is 2.61. The molecule has 0 radical (unpaired) electrons. The molecule has 0 aliphatic carbocycles. The van der Waals surface area contributed by atoms with Gasteiger partial charge in [-0.2, -0.15) is 0 Å². The molecule has 0 fully saturated rings. The van der Waals surface area contributed by atoms with Crippen LogP contribution in [0.15, 0.2) is 54.6 Å². The Morgan fingerprint density at radius 1 is 1.05 bits per heavy atom. The maximum absolute atomic E-state index is 11.9. The van der Waals surface area contributed by atoms with E-state index in [4.69, 9.17) is 4.74 Å². The zero-order valence-corrected chi connectivity index (χ0v) is 10.4. The molecular formula is C14H11NO5. The molecule has 20 heavy (non-hydrogen) atoms. The highest BCUT2D eigenvalue weighted by atomic mass is 16.9. The number of benzene rings is 2. The summed E-state index contributed by atoms with van der Waals surface area (Å²) >= 11 is 0. The van der Waals surface area contributed by atoms with E-state index in [2.05, 4.69) is 4.84 Å². The van der Waals surface area contributed by atoms with Crippen molar-refractivity contribution in [2.24, 2.45) is 0 Å². The van der Waals surface area contributed by atoms with E-state index in [9.17, 15) is 14.9 Å². The predicted molar refractivity (Wildman–Crippen MR) is 69.6 cm³/mol. The molecule has 0 atom stereocenters. The van der Waals surface area contributed by atoms with Crippen LogP contribution in [-0.4, -0.2) is 11.1 Å². The van der Waals surface area contributed by atoms with E-state index in [1.807, 2.05) is 0 Å². The number of esters is 1. The second-order valence-electron chi connectivity index (χ2n) is 3.86. The molecule has 0 aromatic heterocycles. The minimum Gasteiger partial charge on any atom is -0.423 e. The largest absolute Gasteiger partial charge is 0.423 e. The summed E-state index contributed by atoms with van der Waals surface area (Å²) in [6, 6.07) is 15.0. The van der Waals surface area contributed by atoms with Gasteiger partial charge in [0.15, 0.2) is 0 Å². The van der Waals surface area contributed by atoms with Gasteiger partial charge < -0.3 is 9.57 Å². The van der Waals surface area contributed by atoms with Crippen LogP contribution in [0.4, 0.5) is 0 Å². The Labute approximate surface area is 114 Å². The van der Waals surface area contributed by atoms with Crippen molar-refractivity contribution >= 4 is 5.97 Å². The molecule has 2 rings (SSSR count). The van der Waals surface area contributed by atoms with Gasteiger partial charge >= 0.3 is 5.97 Å². The highest BCUT2D eigenvalue weighted by Gasteiger charge is 2.11. The molecule has 6 heteroatoms. The van der Waals surface area contributed by atoms with Gasteiger partial charge in [-0.05, 0) is 18.2 Å². The zero-order valence-electron chi connectivity index (χ0n) is 10.4. The van der Waals surface area contributed by atoms with Crippen molar-refractivity contribution in [3.8, 4) is 5.75 Å². The summed E-state index contributed by atoms with van der Waals surface area (Å²) in [5.74, 6) is -0.289. The van der Waals surface area contributed by atoms with Crippen LogP contribution in [0.1, 0.15) is 15.9 Å². The minimum atomic E-state index is -0.893. The quantitative estimate of drug-likeness (QED) is 0.362. The third-order valence-electron chi connectivity index (χ3n) is 2.51. The summed E-state index contributed by atoms with van der Waals surface area (Å²) in [7, 11) is 0. The van der Waals surface area contributed by atoms with Gasteiger partial charge in [0.25, 0.3) is 5.09 Å². The van der Waals surface area contributed by atoms with Crippen molar-refractivity contribution in [3.05, 3.63) is 75.8 Å². The van der Waals surface area contributed by atoms with E-state index < -0.39 is 11.1 Å². The third kappa shape index (κ3) is 3.55. The summed E-state index contributed by atoms with van der Waals surface area (Å²) in [5, 5.41) is 9.31. The molecule has 0 heterocycles. The number of nitrogens with zero attached hydrogens (tertiary/aromatic N) is 1. The second kappa shape index (κ2) is 6.33. The molecule has 0 bridgehead atoms. The van der Waals surface area contributed by atoms with Crippen LogP contribution in [0, 0.1) is 10.1 Å². The number of hydrogen-bond acceptors (Lipinski definition) is 5. The van der Waals surface area contributed by atoms with Gasteiger partial charge in [0, 0.05) is 5.56 Å². The molecule has 0 saturated carbocycles. The lowest BCUT2D eigenvalue weighted by Gasteiger charge is -2.09. The monoisotopic (exact) mass is 273 g/mol. The molecule has 102 valence electrons. The number of para-hydroxylation sites is 1. The highest BCUT2D eigenvalue weighted by molar-refractivity contribution is 5.91. The summed E-state index contributed by atoms with van der Waals surface area (Å²) in [4.78, 5) is 26.4. The summed E-state index contributed by atoms with van der Waals surface area (Å²) in [6.07, 6.45) is 0. The Kier molecular flexibility index (Phi) is 4.28. The first-order chi connectivity index (χ1) is 9.66. The summed E-state index contributed by atoms with van der Waals surface area (Å²) < 4.78 is 5.22. The number of carbonyl (C=O) groups is 1. The molecule has 2 aromatic rings. The fourth-order valence-corrected chi connectivity index (χ4v) is 1.58. The van der Waals surface area contributed by atoms with E-state index in [1.165, 1.54) is 0 Å². The van der Waals surface area contributed by atoms with Crippen LogP contribution in [0.3, 0.4) is 0 Å². The molecule has 0 aliphatic heterocycles. The van der Waals surface area contributed by atoms with Crippen molar-refractivity contribution in [1.29, 1.82) is 0 Å². The first-order valence-electron chi connectivity index (χ1n) is 5.79. The van der Waals surface area contributed by atoms with Crippen LogP contribution in [-0.2, 0) is 11.4 Å². The second-order valence-corrected chi connectivity index (χ2v) is 3.86. The number of rotatable bonds is 5. The Morgan fingerprint density at radius 3 is 2.40 bits per heavy atom. The maximum Gasteiger partial charge on any atom is 0.343 e.